The molecule has 2 N–H and O–H groups in total. The van der Waals surface area contributed by atoms with E-state index in [0.717, 1.165) is 48.0 Å². The summed E-state index contributed by atoms with van der Waals surface area (Å²) < 4.78 is 11.0. The number of nitrogens with one attached hydrogen (secondary N) is 2. The van der Waals surface area contributed by atoms with Crippen molar-refractivity contribution in [2.24, 2.45) is 5.92 Å². The standard InChI is InChI=1S/C21H31BrN2O4/c1-13-17(19(25)27-5)10-15(22)11-18(13)23-12-14-6-8-16(9-7-14)24-20(26)28-21(2,3)4/h10-11,14,16,23H,6-9,12H2,1-5H3,(H,24,26). The molecule has 0 atom stereocenters. The van der Waals surface area contributed by atoms with E-state index in [2.05, 4.69) is 26.6 Å². The predicted octanol–water partition coefficient (Wildman–Crippen LogP) is 5.04. The van der Waals surface area contributed by atoms with Crippen molar-refractivity contribution >= 4 is 33.7 Å². The van der Waals surface area contributed by atoms with Crippen LogP contribution >= 0.6 is 15.9 Å². The Morgan fingerprint density at radius 3 is 2.39 bits per heavy atom. The average molecular weight is 455 g/mol. The molecule has 1 aliphatic rings. The van der Waals surface area contributed by atoms with E-state index in [0.29, 0.717) is 11.5 Å². The summed E-state index contributed by atoms with van der Waals surface area (Å²) in [6, 6.07) is 3.93. The van der Waals surface area contributed by atoms with Crippen molar-refractivity contribution in [3.05, 3.63) is 27.7 Å². The number of carbonyl (C=O) groups is 2. The fourth-order valence-electron chi connectivity index (χ4n) is 3.42. The zero-order valence-corrected chi connectivity index (χ0v) is 18.9. The van der Waals surface area contributed by atoms with Gasteiger partial charge in [0.25, 0.3) is 0 Å². The molecule has 1 saturated carbocycles. The van der Waals surface area contributed by atoms with Crippen LogP contribution in [0.15, 0.2) is 16.6 Å². The average Bonchev–Trinajstić information content (AvgIpc) is 2.61. The summed E-state index contributed by atoms with van der Waals surface area (Å²) in [5.41, 5.74) is 1.90. The molecule has 1 amide bonds. The third kappa shape index (κ3) is 6.69. The van der Waals surface area contributed by atoms with Gasteiger partial charge in [-0.15, -0.1) is 0 Å². The van der Waals surface area contributed by atoms with Crippen molar-refractivity contribution in [2.45, 2.75) is 65.0 Å². The van der Waals surface area contributed by atoms with Crippen LogP contribution in [0.25, 0.3) is 0 Å². The maximum atomic E-state index is 11.9. The number of benzene rings is 1. The minimum absolute atomic E-state index is 0.171. The number of halogens is 1. The fourth-order valence-corrected chi connectivity index (χ4v) is 3.88. The molecular formula is C21H31BrN2O4. The van der Waals surface area contributed by atoms with E-state index < -0.39 is 5.60 Å². The number of hydrogen-bond acceptors (Lipinski definition) is 5. The van der Waals surface area contributed by atoms with Crippen LogP contribution in [-0.2, 0) is 9.47 Å². The molecule has 2 rings (SSSR count). The van der Waals surface area contributed by atoms with Crippen LogP contribution in [0.2, 0.25) is 0 Å². The summed E-state index contributed by atoms with van der Waals surface area (Å²) in [5, 5.41) is 6.45. The second-order valence-corrected chi connectivity index (χ2v) is 9.28. The first-order valence-corrected chi connectivity index (χ1v) is 10.5. The Morgan fingerprint density at radius 1 is 1.18 bits per heavy atom. The molecule has 156 valence electrons. The molecule has 0 unspecified atom stereocenters. The lowest BCUT2D eigenvalue weighted by molar-refractivity contribution is 0.0487. The van der Waals surface area contributed by atoms with E-state index in [1.807, 2.05) is 33.8 Å². The van der Waals surface area contributed by atoms with Gasteiger partial charge >= 0.3 is 12.1 Å². The van der Waals surface area contributed by atoms with Crippen molar-refractivity contribution in [1.82, 2.24) is 5.32 Å². The van der Waals surface area contributed by atoms with Crippen molar-refractivity contribution in [3.63, 3.8) is 0 Å². The van der Waals surface area contributed by atoms with Gasteiger partial charge in [0, 0.05) is 22.7 Å². The quantitative estimate of drug-likeness (QED) is 0.609. The molecule has 1 aromatic carbocycles. The molecular weight excluding hydrogens is 424 g/mol. The lowest BCUT2D eigenvalue weighted by Crippen LogP contribution is -2.41. The third-order valence-corrected chi connectivity index (χ3v) is 5.38. The highest BCUT2D eigenvalue weighted by Gasteiger charge is 2.25. The van der Waals surface area contributed by atoms with Gasteiger partial charge in [-0.25, -0.2) is 9.59 Å². The van der Waals surface area contributed by atoms with Gasteiger partial charge in [-0.05, 0) is 77.0 Å². The van der Waals surface area contributed by atoms with E-state index >= 15 is 0 Å². The minimum Gasteiger partial charge on any atom is -0.465 e. The van der Waals surface area contributed by atoms with Gasteiger partial charge in [0.05, 0.1) is 12.7 Å². The van der Waals surface area contributed by atoms with Gasteiger partial charge in [-0.3, -0.25) is 0 Å². The molecule has 0 radical (unpaired) electrons. The number of alkyl carbamates (subject to hydrolysis) is 1. The second kappa shape index (κ2) is 9.63. The van der Waals surface area contributed by atoms with Gasteiger partial charge in [0.15, 0.2) is 0 Å². The lowest BCUT2D eigenvalue weighted by Gasteiger charge is -2.30. The molecule has 0 spiro atoms. The number of amides is 1. The van der Waals surface area contributed by atoms with E-state index in [-0.39, 0.29) is 18.1 Å². The van der Waals surface area contributed by atoms with Crippen molar-refractivity contribution in [3.8, 4) is 0 Å². The first-order chi connectivity index (χ1) is 13.1. The first-order valence-electron chi connectivity index (χ1n) is 9.71. The number of esters is 1. The Morgan fingerprint density at radius 2 is 1.82 bits per heavy atom. The van der Waals surface area contributed by atoms with Gasteiger partial charge in [-0.2, -0.15) is 0 Å². The molecule has 6 nitrogen and oxygen atoms in total. The van der Waals surface area contributed by atoms with Crippen LogP contribution in [0.5, 0.6) is 0 Å². The summed E-state index contributed by atoms with van der Waals surface area (Å²) in [4.78, 5) is 23.9. The Balaban J connectivity index is 1.85. The van der Waals surface area contributed by atoms with Crippen LogP contribution < -0.4 is 10.6 Å². The Kier molecular flexibility index (Phi) is 7.75. The van der Waals surface area contributed by atoms with Crippen LogP contribution in [-0.4, -0.2) is 37.4 Å². The van der Waals surface area contributed by atoms with Crippen LogP contribution in [0.1, 0.15) is 62.4 Å². The minimum atomic E-state index is -0.476. The molecule has 0 heterocycles. The highest BCUT2D eigenvalue weighted by molar-refractivity contribution is 9.10. The summed E-state index contributed by atoms with van der Waals surface area (Å²) in [5.74, 6) is 0.187. The smallest absolute Gasteiger partial charge is 0.407 e. The normalized spacial score (nSPS) is 19.6. The Bertz CT molecular complexity index is 707. The maximum Gasteiger partial charge on any atom is 0.407 e. The lowest BCUT2D eigenvalue weighted by atomic mass is 9.86. The molecule has 0 bridgehead atoms. The van der Waals surface area contributed by atoms with Crippen LogP contribution in [0.4, 0.5) is 10.5 Å². The van der Waals surface area contributed by atoms with Crippen LogP contribution in [0.3, 0.4) is 0 Å². The topological polar surface area (TPSA) is 76.7 Å². The molecule has 0 aliphatic heterocycles. The molecule has 7 heteroatoms. The summed E-state index contributed by atoms with van der Waals surface area (Å²) in [6.07, 6.45) is 3.61. The second-order valence-electron chi connectivity index (χ2n) is 8.36. The van der Waals surface area contributed by atoms with E-state index in [9.17, 15) is 9.59 Å². The van der Waals surface area contributed by atoms with E-state index in [1.165, 1.54) is 7.11 Å². The largest absolute Gasteiger partial charge is 0.465 e. The summed E-state index contributed by atoms with van der Waals surface area (Å²) >= 11 is 3.46. The molecule has 1 fully saturated rings. The molecule has 28 heavy (non-hydrogen) atoms. The van der Waals surface area contributed by atoms with Gasteiger partial charge in [0.1, 0.15) is 5.60 Å². The number of anilines is 1. The van der Waals surface area contributed by atoms with Gasteiger partial charge < -0.3 is 20.1 Å². The number of methoxy groups -OCH3 is 1. The molecule has 1 aliphatic carbocycles. The number of rotatable bonds is 5. The summed E-state index contributed by atoms with van der Waals surface area (Å²) in [7, 11) is 1.39. The monoisotopic (exact) mass is 454 g/mol. The Labute approximate surface area is 175 Å². The number of carbonyl (C=O) groups excluding carboxylic acids is 2. The van der Waals surface area contributed by atoms with Crippen molar-refractivity contribution in [1.29, 1.82) is 0 Å². The maximum absolute atomic E-state index is 11.9. The number of ether oxygens (including phenoxy) is 2. The van der Waals surface area contributed by atoms with Gasteiger partial charge in [-0.1, -0.05) is 15.9 Å². The van der Waals surface area contributed by atoms with Crippen molar-refractivity contribution < 1.29 is 19.1 Å². The van der Waals surface area contributed by atoms with Gasteiger partial charge in [0.2, 0.25) is 0 Å². The number of hydrogen-bond donors (Lipinski definition) is 2. The van der Waals surface area contributed by atoms with E-state index in [1.54, 1.807) is 6.07 Å². The molecule has 0 aromatic heterocycles. The predicted molar refractivity (Wildman–Crippen MR) is 114 cm³/mol. The van der Waals surface area contributed by atoms with Crippen LogP contribution in [0, 0.1) is 12.8 Å². The first kappa shape index (κ1) is 22.5. The SMILES string of the molecule is COC(=O)c1cc(Br)cc(NCC2CCC(NC(=O)OC(C)(C)C)CC2)c1C. The zero-order valence-electron chi connectivity index (χ0n) is 17.4. The molecule has 0 saturated heterocycles. The van der Waals surface area contributed by atoms with E-state index in [4.69, 9.17) is 9.47 Å². The summed E-state index contributed by atoms with van der Waals surface area (Å²) in [6.45, 7) is 8.35. The highest BCUT2D eigenvalue weighted by Crippen LogP contribution is 2.29. The zero-order chi connectivity index (χ0) is 20.9. The highest BCUT2D eigenvalue weighted by atomic mass is 79.9. The van der Waals surface area contributed by atoms with Crippen molar-refractivity contribution in [2.75, 3.05) is 19.0 Å². The Hall–Kier alpha value is -1.76. The third-order valence-electron chi connectivity index (χ3n) is 4.93. The molecule has 1 aromatic rings. The fraction of sp³-hybridized carbons (Fsp3) is 0.619.